The lowest BCUT2D eigenvalue weighted by molar-refractivity contribution is 0.0953. The Bertz CT molecular complexity index is 1600. The first kappa shape index (κ1) is 24.2. The Morgan fingerprint density at radius 3 is 2.49 bits per heavy atom. The van der Waals surface area contributed by atoms with Gasteiger partial charge in [-0.15, -0.1) is 6.58 Å². The number of nitrogens with zero attached hydrogens (tertiary/aromatic N) is 3. The lowest BCUT2D eigenvalue weighted by Crippen LogP contribution is -2.24. The van der Waals surface area contributed by atoms with E-state index in [-0.39, 0.29) is 11.8 Å². The van der Waals surface area contributed by atoms with Crippen LogP contribution in [0.15, 0.2) is 98.0 Å². The molecule has 0 aliphatic heterocycles. The van der Waals surface area contributed by atoms with Crippen LogP contribution in [-0.2, 0) is 7.05 Å². The number of benzene rings is 3. The fourth-order valence-corrected chi connectivity index (χ4v) is 4.78. The number of hydrogen-bond donors (Lipinski definition) is 1. The number of rotatable bonds is 7. The van der Waals surface area contributed by atoms with Crippen molar-refractivity contribution in [3.63, 3.8) is 0 Å². The number of aryl methyl sites for hydroxylation is 3. The monoisotopic (exact) mass is 486 g/mol. The van der Waals surface area contributed by atoms with Crippen molar-refractivity contribution < 1.29 is 4.79 Å². The zero-order valence-electron chi connectivity index (χ0n) is 21.4. The highest BCUT2D eigenvalue weighted by Gasteiger charge is 2.22. The molecule has 0 spiro atoms. The highest BCUT2D eigenvalue weighted by atomic mass is 16.1. The normalized spacial score (nSPS) is 11.9. The van der Waals surface area contributed by atoms with Gasteiger partial charge in [-0.2, -0.15) is 0 Å². The maximum absolute atomic E-state index is 12.8. The van der Waals surface area contributed by atoms with Crippen molar-refractivity contribution in [1.29, 1.82) is 0 Å². The lowest BCUT2D eigenvalue weighted by Gasteiger charge is -2.20. The fourth-order valence-electron chi connectivity index (χ4n) is 4.78. The topological polar surface area (TPSA) is 59.8 Å². The van der Waals surface area contributed by atoms with Crippen LogP contribution in [0.25, 0.3) is 22.0 Å². The average molecular weight is 487 g/mol. The Balaban J connectivity index is 1.73. The third kappa shape index (κ3) is 4.94. The summed E-state index contributed by atoms with van der Waals surface area (Å²) >= 11 is 0. The van der Waals surface area contributed by atoms with Crippen LogP contribution in [0.5, 0.6) is 0 Å². The molecule has 0 radical (unpaired) electrons. The molecule has 1 amide bonds. The van der Waals surface area contributed by atoms with Crippen molar-refractivity contribution in [3.05, 3.63) is 132 Å². The Hall–Kier alpha value is -4.51. The SMILES string of the molecule is C=CCNC(=O)c1cc(-c2cccc(C)c2)c2cc(C(c3ccc(C)cc3)c3cncn3C)ccc2n1. The summed E-state index contributed by atoms with van der Waals surface area (Å²) in [6.45, 7) is 8.26. The quantitative estimate of drug-likeness (QED) is 0.273. The van der Waals surface area contributed by atoms with Gasteiger partial charge in [0.1, 0.15) is 5.69 Å². The molecule has 5 heteroatoms. The number of aromatic nitrogens is 3. The van der Waals surface area contributed by atoms with Gasteiger partial charge in [0.05, 0.1) is 17.8 Å². The minimum atomic E-state index is -0.216. The second kappa shape index (κ2) is 10.2. The van der Waals surface area contributed by atoms with Crippen LogP contribution in [0.4, 0.5) is 0 Å². The number of hydrogen-bond acceptors (Lipinski definition) is 3. The Morgan fingerprint density at radius 2 is 1.78 bits per heavy atom. The van der Waals surface area contributed by atoms with Gasteiger partial charge in [-0.3, -0.25) is 4.79 Å². The predicted molar refractivity (Wildman–Crippen MR) is 150 cm³/mol. The van der Waals surface area contributed by atoms with Gasteiger partial charge in [0, 0.05) is 30.9 Å². The molecule has 5 rings (SSSR count). The summed E-state index contributed by atoms with van der Waals surface area (Å²) in [5, 5.41) is 3.86. The van der Waals surface area contributed by atoms with Gasteiger partial charge in [-0.05, 0) is 54.3 Å². The molecule has 184 valence electrons. The van der Waals surface area contributed by atoms with Gasteiger partial charge >= 0.3 is 0 Å². The number of amides is 1. The molecule has 0 bridgehead atoms. The van der Waals surface area contributed by atoms with Crippen molar-refractivity contribution in [2.24, 2.45) is 7.05 Å². The van der Waals surface area contributed by atoms with Gasteiger partial charge in [0.2, 0.25) is 0 Å². The van der Waals surface area contributed by atoms with Crippen LogP contribution < -0.4 is 5.32 Å². The van der Waals surface area contributed by atoms with Crippen LogP contribution in [0.2, 0.25) is 0 Å². The number of carbonyl (C=O) groups is 1. The first-order valence-corrected chi connectivity index (χ1v) is 12.4. The van der Waals surface area contributed by atoms with E-state index in [2.05, 4.69) is 89.9 Å². The minimum absolute atomic E-state index is 0.00146. The van der Waals surface area contributed by atoms with Gasteiger partial charge in [-0.25, -0.2) is 9.97 Å². The van der Waals surface area contributed by atoms with E-state index in [0.717, 1.165) is 38.9 Å². The molecule has 0 aliphatic carbocycles. The van der Waals surface area contributed by atoms with E-state index in [0.29, 0.717) is 12.2 Å². The summed E-state index contributed by atoms with van der Waals surface area (Å²) in [4.78, 5) is 22.0. The van der Waals surface area contributed by atoms with Gasteiger partial charge < -0.3 is 9.88 Å². The number of carbonyl (C=O) groups excluding carboxylic acids is 1. The van der Waals surface area contributed by atoms with Crippen molar-refractivity contribution in [1.82, 2.24) is 19.9 Å². The van der Waals surface area contributed by atoms with Crippen LogP contribution >= 0.6 is 0 Å². The molecule has 37 heavy (non-hydrogen) atoms. The summed E-state index contributed by atoms with van der Waals surface area (Å²) in [6.07, 6.45) is 5.43. The molecule has 2 aromatic heterocycles. The zero-order valence-corrected chi connectivity index (χ0v) is 21.4. The Labute approximate surface area is 217 Å². The maximum Gasteiger partial charge on any atom is 0.270 e. The second-order valence-electron chi connectivity index (χ2n) is 9.47. The largest absolute Gasteiger partial charge is 0.347 e. The third-order valence-corrected chi connectivity index (χ3v) is 6.70. The minimum Gasteiger partial charge on any atom is -0.347 e. The molecular weight excluding hydrogens is 456 g/mol. The molecule has 3 aromatic carbocycles. The Morgan fingerprint density at radius 1 is 1.00 bits per heavy atom. The van der Waals surface area contributed by atoms with Crippen LogP contribution in [0, 0.1) is 13.8 Å². The van der Waals surface area contributed by atoms with Crippen LogP contribution in [-0.4, -0.2) is 27.0 Å². The van der Waals surface area contributed by atoms with Crippen molar-refractivity contribution >= 4 is 16.8 Å². The van der Waals surface area contributed by atoms with Crippen LogP contribution in [0.3, 0.4) is 0 Å². The summed E-state index contributed by atoms with van der Waals surface area (Å²) < 4.78 is 2.07. The molecule has 0 fully saturated rings. The molecule has 0 aliphatic rings. The van der Waals surface area contributed by atoms with Crippen molar-refractivity contribution in [2.45, 2.75) is 19.8 Å². The average Bonchev–Trinajstić information content (AvgIpc) is 3.33. The smallest absolute Gasteiger partial charge is 0.270 e. The first-order chi connectivity index (χ1) is 17.9. The molecule has 5 nitrogen and oxygen atoms in total. The molecule has 1 unspecified atom stereocenters. The van der Waals surface area contributed by atoms with Gasteiger partial charge in [-0.1, -0.05) is 71.8 Å². The molecular formula is C32H30N4O. The zero-order chi connectivity index (χ0) is 25.9. The summed E-state index contributed by atoms with van der Waals surface area (Å²) in [5.74, 6) is -0.217. The van der Waals surface area contributed by atoms with E-state index in [4.69, 9.17) is 4.98 Å². The standard InChI is InChI=1S/C32H30N4O/c1-5-15-34-32(37)29-18-26(24-8-6-7-22(3)16-24)27-17-25(13-14-28(27)35-29)31(30-19-33-20-36(30)4)23-11-9-21(2)10-12-23/h5-14,16-20,31H,1,15H2,2-4H3,(H,34,37). The summed E-state index contributed by atoms with van der Waals surface area (Å²) in [6, 6.07) is 25.2. The third-order valence-electron chi connectivity index (χ3n) is 6.70. The predicted octanol–water partition coefficient (Wildman–Crippen LogP) is 6.35. The fraction of sp³-hybridized carbons (Fsp3) is 0.156. The number of nitrogens with one attached hydrogen (secondary N) is 1. The van der Waals surface area contributed by atoms with Gasteiger partial charge in [0.15, 0.2) is 0 Å². The highest BCUT2D eigenvalue weighted by Crippen LogP contribution is 2.36. The highest BCUT2D eigenvalue weighted by molar-refractivity contribution is 6.01. The number of imidazole rings is 1. The molecule has 5 aromatic rings. The second-order valence-corrected chi connectivity index (χ2v) is 9.47. The van der Waals surface area contributed by atoms with Crippen molar-refractivity contribution in [3.8, 4) is 11.1 Å². The summed E-state index contributed by atoms with van der Waals surface area (Å²) in [7, 11) is 2.03. The molecule has 2 heterocycles. The molecule has 0 saturated carbocycles. The van der Waals surface area contributed by atoms with Crippen LogP contribution in [0.1, 0.15) is 44.4 Å². The number of fused-ring (bicyclic) bond motifs is 1. The van der Waals surface area contributed by atoms with E-state index < -0.39 is 0 Å². The van der Waals surface area contributed by atoms with E-state index in [1.54, 1.807) is 6.08 Å². The summed E-state index contributed by atoms with van der Waals surface area (Å²) in [5.41, 5.74) is 9.01. The maximum atomic E-state index is 12.8. The van der Waals surface area contributed by atoms with Gasteiger partial charge in [0.25, 0.3) is 5.91 Å². The number of pyridine rings is 1. The first-order valence-electron chi connectivity index (χ1n) is 12.4. The lowest BCUT2D eigenvalue weighted by atomic mass is 9.86. The molecule has 1 N–H and O–H groups in total. The molecule has 0 saturated heterocycles. The Kier molecular flexibility index (Phi) is 6.69. The van der Waals surface area contributed by atoms with Crippen molar-refractivity contribution in [2.75, 3.05) is 6.54 Å². The van der Waals surface area contributed by atoms with E-state index >= 15 is 0 Å². The van der Waals surface area contributed by atoms with E-state index in [1.165, 1.54) is 11.1 Å². The van der Waals surface area contributed by atoms with E-state index in [1.807, 2.05) is 37.8 Å². The molecule has 1 atom stereocenters. The van der Waals surface area contributed by atoms with E-state index in [9.17, 15) is 4.79 Å².